The smallest absolute Gasteiger partial charge is 0.235 e. The molecule has 0 heterocycles. The van der Waals surface area contributed by atoms with E-state index in [1.165, 1.54) is 0 Å². The molecule has 4 nitrogen and oxygen atoms in total. The molecule has 0 saturated heterocycles. The molecule has 0 aliphatic heterocycles. The van der Waals surface area contributed by atoms with Gasteiger partial charge in [-0.2, -0.15) is 0 Å². The summed E-state index contributed by atoms with van der Waals surface area (Å²) >= 11 is 0. The lowest BCUT2D eigenvalue weighted by atomic mass is 9.78. The monoisotopic (exact) mass is 353 g/mol. The summed E-state index contributed by atoms with van der Waals surface area (Å²) < 4.78 is 10.8. The van der Waals surface area contributed by atoms with E-state index >= 15 is 0 Å². The second-order valence-electron chi connectivity index (χ2n) is 6.81. The van der Waals surface area contributed by atoms with Crippen molar-refractivity contribution in [3.63, 3.8) is 0 Å². The van der Waals surface area contributed by atoms with Crippen LogP contribution >= 0.6 is 0 Å². The average Bonchev–Trinajstić information content (AvgIpc) is 3.18. The van der Waals surface area contributed by atoms with Gasteiger partial charge in [0.05, 0.1) is 19.1 Å². The normalized spacial score (nSPS) is 15.6. The highest BCUT2D eigenvalue weighted by Crippen LogP contribution is 2.43. The number of methoxy groups -OCH3 is 1. The third-order valence-electron chi connectivity index (χ3n) is 5.17. The molecule has 2 aromatic carbocycles. The topological polar surface area (TPSA) is 47.6 Å². The van der Waals surface area contributed by atoms with Gasteiger partial charge in [0.25, 0.3) is 0 Å². The van der Waals surface area contributed by atoms with E-state index in [0.717, 1.165) is 48.2 Å². The van der Waals surface area contributed by atoms with Gasteiger partial charge in [-0.05, 0) is 55.2 Å². The molecule has 1 amide bonds. The summed E-state index contributed by atoms with van der Waals surface area (Å²) in [6, 6.07) is 15.8. The van der Waals surface area contributed by atoms with Crippen molar-refractivity contribution in [2.45, 2.75) is 44.6 Å². The van der Waals surface area contributed by atoms with Crippen molar-refractivity contribution < 1.29 is 14.3 Å². The molecule has 2 aromatic rings. The second kappa shape index (κ2) is 8.37. The molecule has 0 unspecified atom stereocenters. The Balaban J connectivity index is 1.83. The molecular weight excluding hydrogens is 326 g/mol. The van der Waals surface area contributed by atoms with Gasteiger partial charge in [-0.15, -0.1) is 0 Å². The molecule has 0 spiro atoms. The summed E-state index contributed by atoms with van der Waals surface area (Å²) in [5, 5.41) is 3.14. The van der Waals surface area contributed by atoms with E-state index in [4.69, 9.17) is 9.47 Å². The number of hydrogen-bond donors (Lipinski definition) is 1. The molecule has 1 saturated carbocycles. The Bertz CT molecular complexity index is 751. The molecule has 138 valence electrons. The van der Waals surface area contributed by atoms with Crippen LogP contribution in [0.15, 0.2) is 48.5 Å². The Morgan fingerprint density at radius 1 is 1.12 bits per heavy atom. The van der Waals surface area contributed by atoms with E-state index in [2.05, 4.69) is 5.32 Å². The predicted octanol–water partition coefficient (Wildman–Crippen LogP) is 4.68. The van der Waals surface area contributed by atoms with Crippen molar-refractivity contribution in [2.75, 3.05) is 19.0 Å². The minimum absolute atomic E-state index is 0.0665. The van der Waals surface area contributed by atoms with Gasteiger partial charge in [-0.25, -0.2) is 0 Å². The van der Waals surface area contributed by atoms with Crippen molar-refractivity contribution in [3.8, 4) is 5.75 Å². The van der Waals surface area contributed by atoms with Crippen molar-refractivity contribution in [1.29, 1.82) is 0 Å². The number of ether oxygens (including phenoxy) is 2. The van der Waals surface area contributed by atoms with E-state index in [9.17, 15) is 4.79 Å². The molecular formula is C22H27NO3. The zero-order chi connectivity index (χ0) is 18.4. The standard InChI is InChI=1S/C22H27NO3/c1-3-26-16-17-8-6-10-19(14-17)23-21(24)22(12-4-5-13-22)18-9-7-11-20(15-18)25-2/h6-11,14-15H,3-5,12-13,16H2,1-2H3,(H,23,24). The van der Waals surface area contributed by atoms with E-state index in [0.29, 0.717) is 13.2 Å². The minimum Gasteiger partial charge on any atom is -0.497 e. The maximum absolute atomic E-state index is 13.3. The summed E-state index contributed by atoms with van der Waals surface area (Å²) in [6.07, 6.45) is 3.86. The largest absolute Gasteiger partial charge is 0.497 e. The van der Waals surface area contributed by atoms with Crippen LogP contribution in [-0.2, 0) is 21.6 Å². The van der Waals surface area contributed by atoms with Gasteiger partial charge >= 0.3 is 0 Å². The molecule has 0 bridgehead atoms. The van der Waals surface area contributed by atoms with Crippen molar-refractivity contribution in [2.24, 2.45) is 0 Å². The number of carbonyl (C=O) groups excluding carboxylic acids is 1. The fourth-order valence-electron chi connectivity index (χ4n) is 3.76. The average molecular weight is 353 g/mol. The molecule has 1 N–H and O–H groups in total. The molecule has 26 heavy (non-hydrogen) atoms. The first kappa shape index (κ1) is 18.5. The van der Waals surface area contributed by atoms with Crippen molar-refractivity contribution in [3.05, 3.63) is 59.7 Å². The van der Waals surface area contributed by atoms with E-state index in [1.54, 1.807) is 7.11 Å². The zero-order valence-electron chi connectivity index (χ0n) is 15.6. The number of amides is 1. The number of carbonyl (C=O) groups is 1. The van der Waals surface area contributed by atoms with Crippen LogP contribution in [0.1, 0.15) is 43.7 Å². The van der Waals surface area contributed by atoms with E-state index in [-0.39, 0.29) is 5.91 Å². The van der Waals surface area contributed by atoms with Gasteiger partial charge in [0.2, 0.25) is 5.91 Å². The first-order valence-electron chi connectivity index (χ1n) is 9.30. The summed E-state index contributed by atoms with van der Waals surface area (Å²) in [7, 11) is 1.66. The molecule has 0 aromatic heterocycles. The van der Waals surface area contributed by atoms with Crippen LogP contribution in [0, 0.1) is 0 Å². The van der Waals surface area contributed by atoms with E-state index < -0.39 is 5.41 Å². The van der Waals surface area contributed by atoms with Crippen LogP contribution in [0.4, 0.5) is 5.69 Å². The number of rotatable bonds is 7. The van der Waals surface area contributed by atoms with Crippen molar-refractivity contribution in [1.82, 2.24) is 0 Å². The molecule has 3 rings (SSSR count). The Morgan fingerprint density at radius 2 is 1.88 bits per heavy atom. The molecule has 1 aliphatic rings. The van der Waals surface area contributed by atoms with Gasteiger partial charge in [0.1, 0.15) is 5.75 Å². The maximum Gasteiger partial charge on any atom is 0.235 e. The fraction of sp³-hybridized carbons (Fsp3) is 0.409. The lowest BCUT2D eigenvalue weighted by molar-refractivity contribution is -0.121. The molecule has 0 radical (unpaired) electrons. The molecule has 1 aliphatic carbocycles. The molecule has 1 fully saturated rings. The van der Waals surface area contributed by atoms with Crippen LogP contribution in [0.2, 0.25) is 0 Å². The lowest BCUT2D eigenvalue weighted by Gasteiger charge is -2.28. The fourth-order valence-corrected chi connectivity index (χ4v) is 3.76. The second-order valence-corrected chi connectivity index (χ2v) is 6.81. The Labute approximate surface area is 155 Å². The SMILES string of the molecule is CCOCc1cccc(NC(=O)C2(c3cccc(OC)c3)CCCC2)c1. The number of hydrogen-bond acceptors (Lipinski definition) is 3. The molecule has 4 heteroatoms. The predicted molar refractivity (Wildman–Crippen MR) is 104 cm³/mol. The number of anilines is 1. The first-order valence-corrected chi connectivity index (χ1v) is 9.30. The van der Waals surface area contributed by atoms with Crippen LogP contribution in [0.3, 0.4) is 0 Å². The van der Waals surface area contributed by atoms with E-state index in [1.807, 2.05) is 55.5 Å². The number of nitrogens with one attached hydrogen (secondary N) is 1. The third kappa shape index (κ3) is 3.91. The van der Waals surface area contributed by atoms with Gasteiger partial charge in [0, 0.05) is 12.3 Å². The van der Waals surface area contributed by atoms with Gasteiger partial charge in [-0.3, -0.25) is 4.79 Å². The summed E-state index contributed by atoms with van der Waals surface area (Å²) in [4.78, 5) is 13.3. The van der Waals surface area contributed by atoms with Gasteiger partial charge in [-0.1, -0.05) is 37.1 Å². The highest BCUT2D eigenvalue weighted by Gasteiger charge is 2.42. The van der Waals surface area contributed by atoms with Crippen LogP contribution in [0.5, 0.6) is 5.75 Å². The molecule has 0 atom stereocenters. The summed E-state index contributed by atoms with van der Waals surface area (Å²) in [5.74, 6) is 0.858. The Hall–Kier alpha value is -2.33. The maximum atomic E-state index is 13.3. The third-order valence-corrected chi connectivity index (χ3v) is 5.17. The summed E-state index contributed by atoms with van der Waals surface area (Å²) in [6.45, 7) is 3.21. The lowest BCUT2D eigenvalue weighted by Crippen LogP contribution is -2.38. The Morgan fingerprint density at radius 3 is 2.62 bits per heavy atom. The van der Waals surface area contributed by atoms with Crippen LogP contribution in [-0.4, -0.2) is 19.6 Å². The highest BCUT2D eigenvalue weighted by atomic mass is 16.5. The quantitative estimate of drug-likeness (QED) is 0.786. The Kier molecular flexibility index (Phi) is 5.94. The highest BCUT2D eigenvalue weighted by molar-refractivity contribution is 5.99. The van der Waals surface area contributed by atoms with Crippen molar-refractivity contribution >= 4 is 11.6 Å². The zero-order valence-corrected chi connectivity index (χ0v) is 15.6. The summed E-state index contributed by atoms with van der Waals surface area (Å²) in [5.41, 5.74) is 2.44. The first-order chi connectivity index (χ1) is 12.7. The van der Waals surface area contributed by atoms with Crippen LogP contribution < -0.4 is 10.1 Å². The number of benzene rings is 2. The van der Waals surface area contributed by atoms with Gasteiger partial charge < -0.3 is 14.8 Å². The minimum atomic E-state index is -0.482. The van der Waals surface area contributed by atoms with Crippen LogP contribution in [0.25, 0.3) is 0 Å². The van der Waals surface area contributed by atoms with Gasteiger partial charge in [0.15, 0.2) is 0 Å².